The Hall–Kier alpha value is -1.09. The summed E-state index contributed by atoms with van der Waals surface area (Å²) >= 11 is 0. The molecule has 2 nitrogen and oxygen atoms in total. The SMILES string of the molecule is OC1(c2ccc(OCC3CCC3)c(F)c2)CC1. The van der Waals surface area contributed by atoms with Gasteiger partial charge in [-0.15, -0.1) is 0 Å². The van der Waals surface area contributed by atoms with Gasteiger partial charge in [0.05, 0.1) is 12.2 Å². The Bertz CT molecular complexity index is 422. The van der Waals surface area contributed by atoms with Crippen molar-refractivity contribution in [3.05, 3.63) is 29.6 Å². The number of halogens is 1. The number of hydrogen-bond acceptors (Lipinski definition) is 2. The maximum absolute atomic E-state index is 13.7. The van der Waals surface area contributed by atoms with Crippen LogP contribution in [0, 0.1) is 11.7 Å². The van der Waals surface area contributed by atoms with Crippen LogP contribution in [-0.2, 0) is 5.60 Å². The van der Waals surface area contributed by atoms with Gasteiger partial charge < -0.3 is 9.84 Å². The van der Waals surface area contributed by atoms with Gasteiger partial charge in [0.15, 0.2) is 11.6 Å². The second-order valence-corrected chi connectivity index (χ2v) is 5.28. The van der Waals surface area contributed by atoms with Crippen molar-refractivity contribution in [1.29, 1.82) is 0 Å². The molecular formula is C14H17FO2. The zero-order valence-electron chi connectivity index (χ0n) is 9.79. The standard InChI is InChI=1S/C14H17FO2/c15-12-8-11(14(16)6-7-14)4-5-13(12)17-9-10-2-1-3-10/h4-5,8,10,16H,1-3,6-7,9H2. The van der Waals surface area contributed by atoms with Gasteiger partial charge in [-0.1, -0.05) is 12.5 Å². The van der Waals surface area contributed by atoms with E-state index in [2.05, 4.69) is 0 Å². The number of benzene rings is 1. The lowest BCUT2D eigenvalue weighted by molar-refractivity contribution is 0.150. The van der Waals surface area contributed by atoms with E-state index in [9.17, 15) is 9.50 Å². The van der Waals surface area contributed by atoms with Gasteiger partial charge in [-0.2, -0.15) is 0 Å². The van der Waals surface area contributed by atoms with Gasteiger partial charge in [-0.3, -0.25) is 0 Å². The van der Waals surface area contributed by atoms with Crippen molar-refractivity contribution in [3.8, 4) is 5.75 Å². The lowest BCUT2D eigenvalue weighted by Gasteiger charge is -2.25. The van der Waals surface area contributed by atoms with Crippen LogP contribution < -0.4 is 4.74 Å². The molecule has 0 atom stereocenters. The number of ether oxygens (including phenoxy) is 1. The lowest BCUT2D eigenvalue weighted by atomic mass is 9.86. The third-order valence-corrected chi connectivity index (χ3v) is 3.89. The Balaban J connectivity index is 1.68. The van der Waals surface area contributed by atoms with Crippen LogP contribution in [0.3, 0.4) is 0 Å². The van der Waals surface area contributed by atoms with Crippen LogP contribution in [0.1, 0.15) is 37.7 Å². The first-order valence-corrected chi connectivity index (χ1v) is 6.33. The minimum Gasteiger partial charge on any atom is -0.490 e. The highest BCUT2D eigenvalue weighted by atomic mass is 19.1. The van der Waals surface area contributed by atoms with Crippen molar-refractivity contribution < 1.29 is 14.2 Å². The molecular weight excluding hydrogens is 219 g/mol. The van der Waals surface area contributed by atoms with E-state index >= 15 is 0 Å². The lowest BCUT2D eigenvalue weighted by Crippen LogP contribution is -2.19. The Kier molecular flexibility index (Phi) is 2.58. The van der Waals surface area contributed by atoms with Gasteiger partial charge in [0.2, 0.25) is 0 Å². The summed E-state index contributed by atoms with van der Waals surface area (Å²) in [6.45, 7) is 0.612. The molecule has 0 unspecified atom stereocenters. The van der Waals surface area contributed by atoms with Crippen LogP contribution in [-0.4, -0.2) is 11.7 Å². The van der Waals surface area contributed by atoms with Crippen molar-refractivity contribution in [2.45, 2.75) is 37.7 Å². The van der Waals surface area contributed by atoms with Crippen LogP contribution in [0.2, 0.25) is 0 Å². The Morgan fingerprint density at radius 2 is 2.12 bits per heavy atom. The molecule has 1 N–H and O–H groups in total. The van der Waals surface area contributed by atoms with Crippen LogP contribution >= 0.6 is 0 Å². The van der Waals surface area contributed by atoms with E-state index < -0.39 is 5.60 Å². The van der Waals surface area contributed by atoms with Crippen molar-refractivity contribution in [3.63, 3.8) is 0 Å². The monoisotopic (exact) mass is 236 g/mol. The first-order valence-electron chi connectivity index (χ1n) is 6.33. The maximum Gasteiger partial charge on any atom is 0.165 e. The van der Waals surface area contributed by atoms with Gasteiger partial charge in [0.25, 0.3) is 0 Å². The number of aliphatic hydroxyl groups is 1. The van der Waals surface area contributed by atoms with Crippen molar-refractivity contribution in [2.24, 2.45) is 5.92 Å². The summed E-state index contributed by atoms with van der Waals surface area (Å²) in [6, 6.07) is 4.81. The van der Waals surface area contributed by atoms with Gasteiger partial charge in [0, 0.05) is 0 Å². The molecule has 2 aliphatic carbocycles. The van der Waals surface area contributed by atoms with E-state index in [4.69, 9.17) is 4.74 Å². The second-order valence-electron chi connectivity index (χ2n) is 5.28. The molecule has 0 amide bonds. The molecule has 2 fully saturated rings. The first-order chi connectivity index (χ1) is 8.17. The fourth-order valence-corrected chi connectivity index (χ4v) is 2.18. The summed E-state index contributed by atoms with van der Waals surface area (Å²) in [4.78, 5) is 0. The molecule has 1 aromatic carbocycles. The van der Waals surface area contributed by atoms with Crippen LogP contribution in [0.4, 0.5) is 4.39 Å². The summed E-state index contributed by atoms with van der Waals surface area (Å²) in [5.41, 5.74) is -0.0983. The van der Waals surface area contributed by atoms with Gasteiger partial charge in [0.1, 0.15) is 0 Å². The van der Waals surface area contributed by atoms with E-state index in [0.29, 0.717) is 23.8 Å². The Morgan fingerprint density at radius 3 is 2.65 bits per heavy atom. The highest BCUT2D eigenvalue weighted by Gasteiger charge is 2.42. The van der Waals surface area contributed by atoms with E-state index in [1.54, 1.807) is 12.1 Å². The molecule has 2 saturated carbocycles. The van der Waals surface area contributed by atoms with Crippen molar-refractivity contribution >= 4 is 0 Å². The Morgan fingerprint density at radius 1 is 1.35 bits per heavy atom. The first kappa shape index (κ1) is 11.0. The maximum atomic E-state index is 13.7. The minimum absolute atomic E-state index is 0.310. The van der Waals surface area contributed by atoms with Gasteiger partial charge in [-0.25, -0.2) is 4.39 Å². The van der Waals surface area contributed by atoms with E-state index in [0.717, 1.165) is 12.8 Å². The van der Waals surface area contributed by atoms with Crippen molar-refractivity contribution in [2.75, 3.05) is 6.61 Å². The summed E-state index contributed by atoms with van der Waals surface area (Å²) in [6.07, 6.45) is 5.12. The molecule has 0 spiro atoms. The topological polar surface area (TPSA) is 29.5 Å². The molecule has 92 valence electrons. The van der Waals surface area contributed by atoms with Crippen molar-refractivity contribution in [1.82, 2.24) is 0 Å². The highest BCUT2D eigenvalue weighted by molar-refractivity contribution is 5.35. The Labute approximate surface area is 100 Å². The summed E-state index contributed by atoms with van der Waals surface area (Å²) in [5.74, 6) is 0.550. The molecule has 3 heteroatoms. The van der Waals surface area contributed by atoms with Gasteiger partial charge >= 0.3 is 0 Å². The molecule has 1 aromatic rings. The second kappa shape index (κ2) is 3.98. The molecule has 2 aliphatic rings. The van der Waals surface area contributed by atoms with E-state index in [-0.39, 0.29) is 5.82 Å². The van der Waals surface area contributed by atoms with E-state index in [1.165, 1.54) is 25.3 Å². The highest BCUT2D eigenvalue weighted by Crippen LogP contribution is 2.45. The average Bonchev–Trinajstić information content (AvgIpc) is 2.98. The predicted molar refractivity (Wildman–Crippen MR) is 62.4 cm³/mol. The molecule has 0 saturated heterocycles. The van der Waals surface area contributed by atoms with E-state index in [1.807, 2.05) is 0 Å². The largest absolute Gasteiger partial charge is 0.490 e. The minimum atomic E-state index is -0.770. The predicted octanol–water partition coefficient (Wildman–Crippen LogP) is 2.99. The smallest absolute Gasteiger partial charge is 0.165 e. The average molecular weight is 236 g/mol. The van der Waals surface area contributed by atoms with Gasteiger partial charge in [-0.05, 0) is 49.3 Å². The third-order valence-electron chi connectivity index (χ3n) is 3.89. The number of rotatable bonds is 4. The summed E-state index contributed by atoms with van der Waals surface area (Å²) < 4.78 is 19.2. The quantitative estimate of drug-likeness (QED) is 0.870. The zero-order chi connectivity index (χ0) is 11.9. The number of hydrogen-bond donors (Lipinski definition) is 1. The summed E-state index contributed by atoms with van der Waals surface area (Å²) in [5, 5.41) is 9.87. The molecule has 0 aromatic heterocycles. The zero-order valence-corrected chi connectivity index (χ0v) is 9.79. The fraction of sp³-hybridized carbons (Fsp3) is 0.571. The fourth-order valence-electron chi connectivity index (χ4n) is 2.18. The normalized spacial score (nSPS) is 22.0. The molecule has 0 radical (unpaired) electrons. The van der Waals surface area contributed by atoms with Crippen LogP contribution in [0.5, 0.6) is 5.75 Å². The molecule has 17 heavy (non-hydrogen) atoms. The summed E-state index contributed by atoms with van der Waals surface area (Å²) in [7, 11) is 0. The van der Waals surface area contributed by atoms with Crippen LogP contribution in [0.25, 0.3) is 0 Å². The molecule has 3 rings (SSSR count). The van der Waals surface area contributed by atoms with Crippen LogP contribution in [0.15, 0.2) is 18.2 Å². The molecule has 0 bridgehead atoms. The molecule has 0 aliphatic heterocycles. The third kappa shape index (κ3) is 2.16. The molecule has 0 heterocycles.